The molecule has 130 valence electrons. The van der Waals surface area contributed by atoms with Crippen LogP contribution in [0.4, 0.5) is 0 Å². The van der Waals surface area contributed by atoms with Crippen molar-refractivity contribution in [2.45, 2.75) is 39.3 Å². The number of benzene rings is 2. The summed E-state index contributed by atoms with van der Waals surface area (Å²) in [4.78, 5) is 2.26. The third kappa shape index (κ3) is 6.86. The molecule has 0 aliphatic carbocycles. The molecule has 0 spiro atoms. The number of likely N-dealkylation sites (N-methyl/N-ethyl adjacent to an activating group) is 1. The lowest BCUT2D eigenvalue weighted by atomic mass is 10.0. The van der Waals surface area contributed by atoms with E-state index in [-0.39, 0.29) is 0 Å². The van der Waals surface area contributed by atoms with Gasteiger partial charge in [0.1, 0.15) is 0 Å². The average Bonchev–Trinajstić information content (AvgIpc) is 2.53. The zero-order chi connectivity index (χ0) is 17.4. The maximum atomic E-state index is 3.75. The van der Waals surface area contributed by atoms with Gasteiger partial charge in [0.25, 0.3) is 0 Å². The predicted molar refractivity (Wildman–Crippen MR) is 104 cm³/mol. The Labute approximate surface area is 147 Å². The van der Waals surface area contributed by atoms with Gasteiger partial charge in [-0.25, -0.2) is 0 Å². The highest BCUT2D eigenvalue weighted by molar-refractivity contribution is 5.24. The molecule has 0 unspecified atom stereocenters. The third-order valence-corrected chi connectivity index (χ3v) is 4.14. The quantitative estimate of drug-likeness (QED) is 0.745. The van der Waals surface area contributed by atoms with Gasteiger partial charge in [-0.05, 0) is 49.5 Å². The van der Waals surface area contributed by atoms with Gasteiger partial charge in [0.05, 0.1) is 0 Å². The van der Waals surface area contributed by atoms with Gasteiger partial charge in [0.2, 0.25) is 0 Å². The third-order valence-electron chi connectivity index (χ3n) is 4.14. The maximum absolute atomic E-state index is 3.75. The first-order valence-electron chi connectivity index (χ1n) is 9.03. The summed E-state index contributed by atoms with van der Waals surface area (Å²) in [6.07, 6.45) is 2.21. The highest BCUT2D eigenvalue weighted by Gasteiger charge is 2.11. The lowest BCUT2D eigenvalue weighted by Gasteiger charge is -2.23. The number of rotatable bonds is 9. The molecular weight excluding hydrogens is 292 g/mol. The smallest absolute Gasteiger partial charge is 0.0238 e. The monoisotopic (exact) mass is 324 g/mol. The Balaban J connectivity index is 1.96. The summed E-state index contributed by atoms with van der Waals surface area (Å²) < 4.78 is 0. The number of hydrogen-bond donors (Lipinski definition) is 1. The summed E-state index contributed by atoms with van der Waals surface area (Å²) in [6.45, 7) is 6.52. The highest BCUT2D eigenvalue weighted by Crippen LogP contribution is 2.11. The summed E-state index contributed by atoms with van der Waals surface area (Å²) in [5.74, 6) is 0.702. The van der Waals surface area contributed by atoms with Gasteiger partial charge in [-0.2, -0.15) is 0 Å². The van der Waals surface area contributed by atoms with Crippen molar-refractivity contribution in [1.29, 1.82) is 0 Å². The molecule has 0 bridgehead atoms. The number of hydrogen-bond acceptors (Lipinski definition) is 2. The van der Waals surface area contributed by atoms with Gasteiger partial charge in [0, 0.05) is 19.1 Å². The maximum Gasteiger partial charge on any atom is 0.0238 e. The minimum absolute atomic E-state index is 0.455. The second-order valence-electron chi connectivity index (χ2n) is 7.45. The Kier molecular flexibility index (Phi) is 7.48. The van der Waals surface area contributed by atoms with E-state index in [0.717, 1.165) is 25.9 Å². The zero-order valence-electron chi connectivity index (χ0n) is 15.6. The van der Waals surface area contributed by atoms with Crippen LogP contribution >= 0.6 is 0 Å². The molecule has 1 atom stereocenters. The first-order chi connectivity index (χ1) is 11.5. The summed E-state index contributed by atoms with van der Waals surface area (Å²) in [5, 5.41) is 3.75. The van der Waals surface area contributed by atoms with Crippen LogP contribution in [0.2, 0.25) is 0 Å². The molecule has 2 nitrogen and oxygen atoms in total. The Hall–Kier alpha value is -1.64. The predicted octanol–water partition coefficient (Wildman–Crippen LogP) is 4.15. The van der Waals surface area contributed by atoms with Crippen LogP contribution in [0.15, 0.2) is 54.6 Å². The molecule has 0 radical (unpaired) electrons. The molecule has 0 fully saturated rings. The molecule has 24 heavy (non-hydrogen) atoms. The Morgan fingerprint density at radius 1 is 0.833 bits per heavy atom. The van der Waals surface area contributed by atoms with Crippen LogP contribution in [0.25, 0.3) is 0 Å². The molecule has 0 saturated heterocycles. The minimum Gasteiger partial charge on any atom is -0.308 e. The van der Waals surface area contributed by atoms with E-state index in [1.165, 1.54) is 16.7 Å². The summed E-state index contributed by atoms with van der Waals surface area (Å²) in [6, 6.07) is 20.2. The SMILES string of the molecule is CC(C)Cc1cccc(CN[C@@H](Cc2ccccc2)CN(C)C)c1. The van der Waals surface area contributed by atoms with Crippen LogP contribution < -0.4 is 5.32 Å². The van der Waals surface area contributed by atoms with E-state index in [1.54, 1.807) is 0 Å². The Morgan fingerprint density at radius 3 is 2.17 bits per heavy atom. The standard InChI is InChI=1S/C22H32N2/c1-18(2)13-20-11-8-12-21(14-20)16-23-22(17-24(3)4)15-19-9-6-5-7-10-19/h5-12,14,18,22-23H,13,15-17H2,1-4H3/t22-/m0/s1. The van der Waals surface area contributed by atoms with Gasteiger partial charge in [0.15, 0.2) is 0 Å². The molecule has 0 aliphatic rings. The van der Waals surface area contributed by atoms with E-state index >= 15 is 0 Å². The first kappa shape index (κ1) is 18.7. The lowest BCUT2D eigenvalue weighted by molar-refractivity contribution is 0.334. The first-order valence-corrected chi connectivity index (χ1v) is 9.03. The van der Waals surface area contributed by atoms with E-state index in [4.69, 9.17) is 0 Å². The fourth-order valence-corrected chi connectivity index (χ4v) is 3.14. The van der Waals surface area contributed by atoms with Crippen molar-refractivity contribution >= 4 is 0 Å². The van der Waals surface area contributed by atoms with E-state index in [1.807, 2.05) is 0 Å². The van der Waals surface area contributed by atoms with Crippen molar-refractivity contribution in [1.82, 2.24) is 10.2 Å². The fourth-order valence-electron chi connectivity index (χ4n) is 3.14. The van der Waals surface area contributed by atoms with Crippen molar-refractivity contribution in [2.24, 2.45) is 5.92 Å². The van der Waals surface area contributed by atoms with Gasteiger partial charge in [-0.1, -0.05) is 68.4 Å². The van der Waals surface area contributed by atoms with Crippen LogP contribution in [-0.4, -0.2) is 31.6 Å². The van der Waals surface area contributed by atoms with Crippen molar-refractivity contribution in [2.75, 3.05) is 20.6 Å². The second-order valence-corrected chi connectivity index (χ2v) is 7.45. The van der Waals surface area contributed by atoms with Gasteiger partial charge in [-0.15, -0.1) is 0 Å². The van der Waals surface area contributed by atoms with Crippen LogP contribution in [-0.2, 0) is 19.4 Å². The largest absolute Gasteiger partial charge is 0.308 e. The van der Waals surface area contributed by atoms with Crippen molar-refractivity contribution in [3.63, 3.8) is 0 Å². The Morgan fingerprint density at radius 2 is 1.50 bits per heavy atom. The molecule has 0 aromatic heterocycles. The minimum atomic E-state index is 0.455. The lowest BCUT2D eigenvalue weighted by Crippen LogP contribution is -2.39. The molecule has 2 aromatic rings. The number of nitrogens with zero attached hydrogens (tertiary/aromatic N) is 1. The van der Waals surface area contributed by atoms with Crippen molar-refractivity contribution in [3.05, 3.63) is 71.3 Å². The number of nitrogens with one attached hydrogen (secondary N) is 1. The van der Waals surface area contributed by atoms with Crippen LogP contribution in [0, 0.1) is 5.92 Å². The molecule has 0 aliphatic heterocycles. The molecule has 1 N–H and O–H groups in total. The molecular formula is C22H32N2. The van der Waals surface area contributed by atoms with E-state index in [9.17, 15) is 0 Å². The molecule has 2 aromatic carbocycles. The van der Waals surface area contributed by atoms with E-state index < -0.39 is 0 Å². The average molecular weight is 325 g/mol. The van der Waals surface area contributed by atoms with E-state index in [2.05, 4.69) is 92.8 Å². The molecule has 2 rings (SSSR count). The summed E-state index contributed by atoms with van der Waals surface area (Å²) >= 11 is 0. The molecule has 0 heterocycles. The van der Waals surface area contributed by atoms with Gasteiger partial charge in [-0.3, -0.25) is 0 Å². The summed E-state index contributed by atoms with van der Waals surface area (Å²) in [5.41, 5.74) is 4.21. The highest BCUT2D eigenvalue weighted by atomic mass is 15.1. The van der Waals surface area contributed by atoms with E-state index in [0.29, 0.717) is 12.0 Å². The normalized spacial score (nSPS) is 12.8. The molecule has 2 heteroatoms. The molecule has 0 amide bonds. The van der Waals surface area contributed by atoms with Gasteiger partial charge < -0.3 is 10.2 Å². The molecule has 0 saturated carbocycles. The van der Waals surface area contributed by atoms with Crippen LogP contribution in [0.3, 0.4) is 0 Å². The topological polar surface area (TPSA) is 15.3 Å². The fraction of sp³-hybridized carbons (Fsp3) is 0.455. The van der Waals surface area contributed by atoms with Crippen molar-refractivity contribution in [3.8, 4) is 0 Å². The van der Waals surface area contributed by atoms with Crippen LogP contribution in [0.1, 0.15) is 30.5 Å². The van der Waals surface area contributed by atoms with Crippen molar-refractivity contribution < 1.29 is 0 Å². The van der Waals surface area contributed by atoms with Crippen LogP contribution in [0.5, 0.6) is 0 Å². The second kappa shape index (κ2) is 9.61. The summed E-state index contributed by atoms with van der Waals surface area (Å²) in [7, 11) is 4.28. The zero-order valence-corrected chi connectivity index (χ0v) is 15.6. The Bertz CT molecular complexity index is 590. The van der Waals surface area contributed by atoms with Gasteiger partial charge >= 0.3 is 0 Å².